The van der Waals surface area contributed by atoms with Gasteiger partial charge in [0.15, 0.2) is 0 Å². The van der Waals surface area contributed by atoms with Crippen molar-refractivity contribution in [2.24, 2.45) is 0 Å². The predicted molar refractivity (Wildman–Crippen MR) is 70.0 cm³/mol. The maximum atomic E-state index is 13.0. The highest BCUT2D eigenvalue weighted by Crippen LogP contribution is 2.50. The summed E-state index contributed by atoms with van der Waals surface area (Å²) in [7, 11) is 0. The van der Waals surface area contributed by atoms with Crippen molar-refractivity contribution in [1.29, 1.82) is 0 Å². The van der Waals surface area contributed by atoms with Gasteiger partial charge in [-0.15, -0.1) is 0 Å². The predicted octanol–water partition coefficient (Wildman–Crippen LogP) is 4.29. The molecule has 106 valence electrons. The Kier molecular flexibility index (Phi) is 3.84. The number of rotatable bonds is 4. The highest BCUT2D eigenvalue weighted by molar-refractivity contribution is 9.10. The van der Waals surface area contributed by atoms with Gasteiger partial charge in [-0.2, -0.15) is 13.2 Å². The van der Waals surface area contributed by atoms with Crippen LogP contribution < -0.4 is 5.32 Å². The van der Waals surface area contributed by atoms with Gasteiger partial charge in [-0.25, -0.2) is 0 Å². The number of halogens is 4. The van der Waals surface area contributed by atoms with Crippen molar-refractivity contribution in [3.63, 3.8) is 0 Å². The average molecular weight is 338 g/mol. The van der Waals surface area contributed by atoms with Crippen LogP contribution in [0.15, 0.2) is 22.7 Å². The molecule has 1 atom stereocenters. The third-order valence-electron chi connectivity index (χ3n) is 3.52. The van der Waals surface area contributed by atoms with Crippen molar-refractivity contribution in [3.05, 3.63) is 28.2 Å². The van der Waals surface area contributed by atoms with E-state index in [9.17, 15) is 18.3 Å². The van der Waals surface area contributed by atoms with Crippen LogP contribution in [0.1, 0.15) is 37.8 Å². The lowest BCUT2D eigenvalue weighted by Crippen LogP contribution is -2.46. The molecule has 0 heterocycles. The molecular formula is C13H15BrF3NO. The van der Waals surface area contributed by atoms with Crippen molar-refractivity contribution in [2.45, 2.75) is 43.9 Å². The molecule has 1 aliphatic rings. The van der Waals surface area contributed by atoms with Gasteiger partial charge in [0, 0.05) is 16.1 Å². The lowest BCUT2D eigenvalue weighted by Gasteiger charge is -2.27. The summed E-state index contributed by atoms with van der Waals surface area (Å²) in [6.45, 7) is 1.80. The molecule has 0 aliphatic heterocycles. The van der Waals surface area contributed by atoms with Gasteiger partial charge in [0.25, 0.3) is 0 Å². The fraction of sp³-hybridized carbons (Fsp3) is 0.538. The van der Waals surface area contributed by atoms with E-state index < -0.39 is 17.8 Å². The van der Waals surface area contributed by atoms with Crippen molar-refractivity contribution in [3.8, 4) is 5.75 Å². The van der Waals surface area contributed by atoms with Gasteiger partial charge in [0.2, 0.25) is 0 Å². The second kappa shape index (κ2) is 4.98. The van der Waals surface area contributed by atoms with E-state index in [0.717, 1.165) is 4.47 Å². The topological polar surface area (TPSA) is 32.3 Å². The summed E-state index contributed by atoms with van der Waals surface area (Å²) < 4.78 is 39.6. The summed E-state index contributed by atoms with van der Waals surface area (Å²) in [5, 5.41) is 12.5. The summed E-state index contributed by atoms with van der Waals surface area (Å²) in [6, 6.07) is 4.28. The highest BCUT2D eigenvalue weighted by Gasteiger charge is 2.63. The molecule has 0 amide bonds. The maximum Gasteiger partial charge on any atom is 0.406 e. The molecule has 1 saturated carbocycles. The number of nitrogens with one attached hydrogen (secondary N) is 1. The van der Waals surface area contributed by atoms with Crippen molar-refractivity contribution in [1.82, 2.24) is 5.32 Å². The minimum atomic E-state index is -4.25. The first-order valence-corrected chi connectivity index (χ1v) is 6.91. The van der Waals surface area contributed by atoms with Crippen LogP contribution in [0.25, 0.3) is 0 Å². The van der Waals surface area contributed by atoms with E-state index in [1.54, 1.807) is 19.1 Å². The highest BCUT2D eigenvalue weighted by atomic mass is 79.9. The van der Waals surface area contributed by atoms with Crippen LogP contribution in [0.5, 0.6) is 5.75 Å². The normalized spacial score (nSPS) is 19.2. The summed E-state index contributed by atoms with van der Waals surface area (Å²) >= 11 is 3.27. The quantitative estimate of drug-likeness (QED) is 0.858. The molecule has 0 radical (unpaired) electrons. The van der Waals surface area contributed by atoms with Crippen LogP contribution in [-0.2, 0) is 0 Å². The van der Waals surface area contributed by atoms with Gasteiger partial charge < -0.3 is 5.11 Å². The number of hydrogen-bond donors (Lipinski definition) is 2. The van der Waals surface area contributed by atoms with Gasteiger partial charge in [-0.1, -0.05) is 22.9 Å². The van der Waals surface area contributed by atoms with E-state index in [1.165, 1.54) is 6.07 Å². The van der Waals surface area contributed by atoms with Crippen LogP contribution in [0.3, 0.4) is 0 Å². The van der Waals surface area contributed by atoms with E-state index in [4.69, 9.17) is 0 Å². The lowest BCUT2D eigenvalue weighted by atomic mass is 10.0. The molecule has 0 saturated heterocycles. The zero-order valence-electron chi connectivity index (χ0n) is 10.4. The van der Waals surface area contributed by atoms with Gasteiger partial charge >= 0.3 is 6.18 Å². The van der Waals surface area contributed by atoms with Crippen LogP contribution in [0.4, 0.5) is 13.2 Å². The third-order valence-corrected chi connectivity index (χ3v) is 4.01. The Labute approximate surface area is 118 Å². The Bertz CT molecular complexity index is 471. The van der Waals surface area contributed by atoms with Gasteiger partial charge in [0.1, 0.15) is 11.3 Å². The molecule has 1 unspecified atom stereocenters. The van der Waals surface area contributed by atoms with Crippen LogP contribution in [0.2, 0.25) is 0 Å². The number of aromatic hydroxyl groups is 1. The van der Waals surface area contributed by atoms with Crippen LogP contribution >= 0.6 is 15.9 Å². The Morgan fingerprint density at radius 1 is 1.42 bits per heavy atom. The number of hydrogen-bond acceptors (Lipinski definition) is 2. The summed E-state index contributed by atoms with van der Waals surface area (Å²) in [4.78, 5) is 0. The van der Waals surface area contributed by atoms with Crippen molar-refractivity contribution >= 4 is 15.9 Å². The van der Waals surface area contributed by atoms with Crippen LogP contribution in [0, 0.1) is 0 Å². The van der Waals surface area contributed by atoms with E-state index in [0.29, 0.717) is 12.0 Å². The van der Waals surface area contributed by atoms with E-state index in [2.05, 4.69) is 21.2 Å². The Morgan fingerprint density at radius 2 is 2.05 bits per heavy atom. The minimum Gasteiger partial charge on any atom is -0.508 e. The smallest absolute Gasteiger partial charge is 0.406 e. The molecule has 1 fully saturated rings. The second-order valence-corrected chi connectivity index (χ2v) is 5.80. The molecule has 2 rings (SSSR count). The fourth-order valence-corrected chi connectivity index (χ4v) is 2.55. The molecular weight excluding hydrogens is 323 g/mol. The SMILES string of the molecule is CCC(NC1(C(F)(F)F)CC1)c1cc(Br)ccc1O. The molecule has 19 heavy (non-hydrogen) atoms. The standard InChI is InChI=1S/C13H15BrF3NO/c1-2-10(9-7-8(14)3-4-11(9)19)18-12(5-6-12)13(15,16)17/h3-4,7,10,18-19H,2,5-6H2,1H3. The fourth-order valence-electron chi connectivity index (χ4n) is 2.17. The zero-order chi connectivity index (χ0) is 14.3. The summed E-state index contributed by atoms with van der Waals surface area (Å²) in [5.74, 6) is 0.0144. The first-order chi connectivity index (χ1) is 8.79. The van der Waals surface area contributed by atoms with E-state index >= 15 is 0 Å². The molecule has 1 aliphatic carbocycles. The number of alkyl halides is 3. The molecule has 0 spiro atoms. The number of benzene rings is 1. The second-order valence-electron chi connectivity index (χ2n) is 4.89. The molecule has 2 nitrogen and oxygen atoms in total. The Hall–Kier alpha value is -0.750. The van der Waals surface area contributed by atoms with Crippen molar-refractivity contribution < 1.29 is 18.3 Å². The summed E-state index contributed by atoms with van der Waals surface area (Å²) in [5.41, 5.74) is -1.28. The Morgan fingerprint density at radius 3 is 2.53 bits per heavy atom. The lowest BCUT2D eigenvalue weighted by molar-refractivity contribution is -0.168. The van der Waals surface area contributed by atoms with Crippen molar-refractivity contribution in [2.75, 3.05) is 0 Å². The van der Waals surface area contributed by atoms with E-state index in [-0.39, 0.29) is 18.6 Å². The average Bonchev–Trinajstić information content (AvgIpc) is 3.10. The molecule has 2 N–H and O–H groups in total. The maximum absolute atomic E-state index is 13.0. The molecule has 1 aromatic carbocycles. The van der Waals surface area contributed by atoms with Gasteiger partial charge in [-0.05, 0) is 37.5 Å². The Balaban J connectivity index is 2.24. The minimum absolute atomic E-state index is 0.0144. The largest absolute Gasteiger partial charge is 0.508 e. The monoisotopic (exact) mass is 337 g/mol. The molecule has 0 aromatic heterocycles. The molecule has 1 aromatic rings. The first-order valence-electron chi connectivity index (χ1n) is 6.12. The van der Waals surface area contributed by atoms with E-state index in [1.807, 2.05) is 0 Å². The van der Waals surface area contributed by atoms with Gasteiger partial charge in [-0.3, -0.25) is 5.32 Å². The molecule has 6 heteroatoms. The molecule has 0 bridgehead atoms. The summed E-state index contributed by atoms with van der Waals surface area (Å²) in [6.07, 6.45) is -3.58. The first kappa shape index (κ1) is 14.7. The zero-order valence-corrected chi connectivity index (χ0v) is 12.0. The van der Waals surface area contributed by atoms with Gasteiger partial charge in [0.05, 0.1) is 0 Å². The third kappa shape index (κ3) is 2.89. The number of phenols is 1. The number of phenolic OH excluding ortho intramolecular Hbond substituents is 1. The van der Waals surface area contributed by atoms with Crippen LogP contribution in [-0.4, -0.2) is 16.8 Å².